The summed E-state index contributed by atoms with van der Waals surface area (Å²) >= 11 is 0. The fraction of sp³-hybridized carbons (Fsp3) is 0.286. The molecule has 0 radical (unpaired) electrons. The number of aromatic amines is 1. The van der Waals surface area contributed by atoms with Crippen LogP contribution in [0.1, 0.15) is 29.8 Å². The van der Waals surface area contributed by atoms with Crippen molar-refractivity contribution in [3.63, 3.8) is 0 Å². The monoisotopic (exact) mass is 244 g/mol. The summed E-state index contributed by atoms with van der Waals surface area (Å²) in [5, 5.41) is 6.78. The van der Waals surface area contributed by atoms with Gasteiger partial charge in [0.25, 0.3) is 0 Å². The maximum atomic E-state index is 11.0. The number of aryl methyl sites for hydroxylation is 1. The Kier molecular flexibility index (Phi) is 3.77. The van der Waals surface area contributed by atoms with E-state index in [4.69, 9.17) is 4.74 Å². The molecule has 4 heteroatoms. The van der Waals surface area contributed by atoms with Gasteiger partial charge in [-0.3, -0.25) is 9.89 Å². The van der Waals surface area contributed by atoms with Gasteiger partial charge in [-0.15, -0.1) is 0 Å². The van der Waals surface area contributed by atoms with Gasteiger partial charge in [-0.1, -0.05) is 13.0 Å². The minimum absolute atomic E-state index is 0.546. The second-order valence-corrected chi connectivity index (χ2v) is 3.94. The number of rotatable bonds is 5. The molecular weight excluding hydrogens is 228 g/mol. The second kappa shape index (κ2) is 5.49. The Hall–Kier alpha value is -2.10. The summed E-state index contributed by atoms with van der Waals surface area (Å²) < 4.78 is 5.60. The zero-order valence-corrected chi connectivity index (χ0v) is 10.6. The minimum Gasteiger partial charge on any atom is -0.493 e. The summed E-state index contributed by atoms with van der Waals surface area (Å²) in [6.07, 6.45) is 3.26. The van der Waals surface area contributed by atoms with Crippen molar-refractivity contribution in [2.24, 2.45) is 0 Å². The van der Waals surface area contributed by atoms with E-state index in [2.05, 4.69) is 17.1 Å². The Labute approximate surface area is 106 Å². The van der Waals surface area contributed by atoms with E-state index in [-0.39, 0.29) is 0 Å². The predicted octanol–water partition coefficient (Wildman–Crippen LogP) is 2.85. The largest absolute Gasteiger partial charge is 0.493 e. The molecule has 0 aliphatic heterocycles. The maximum absolute atomic E-state index is 11.0. The number of aldehydes is 1. The molecule has 0 atom stereocenters. The Morgan fingerprint density at radius 1 is 1.39 bits per heavy atom. The van der Waals surface area contributed by atoms with E-state index < -0.39 is 0 Å². The van der Waals surface area contributed by atoms with Gasteiger partial charge >= 0.3 is 0 Å². The third-order valence-electron chi connectivity index (χ3n) is 2.82. The number of nitrogens with zero attached hydrogens (tertiary/aromatic N) is 1. The van der Waals surface area contributed by atoms with E-state index in [0.29, 0.717) is 17.9 Å². The zero-order chi connectivity index (χ0) is 13.0. The number of carbonyl (C=O) groups excluding carboxylic acids is 1. The molecule has 18 heavy (non-hydrogen) atoms. The quantitative estimate of drug-likeness (QED) is 0.823. The van der Waals surface area contributed by atoms with E-state index in [1.807, 2.05) is 25.1 Å². The highest BCUT2D eigenvalue weighted by Gasteiger charge is 2.13. The van der Waals surface area contributed by atoms with Crippen LogP contribution >= 0.6 is 0 Å². The van der Waals surface area contributed by atoms with Crippen molar-refractivity contribution < 1.29 is 9.53 Å². The molecule has 2 aromatic rings. The first-order valence-corrected chi connectivity index (χ1v) is 6.04. The average Bonchev–Trinajstić information content (AvgIpc) is 2.87. The molecule has 1 heterocycles. The number of ether oxygens (including phenoxy) is 1. The van der Waals surface area contributed by atoms with Crippen LogP contribution in [-0.4, -0.2) is 23.1 Å². The molecule has 1 N–H and O–H groups in total. The van der Waals surface area contributed by atoms with E-state index >= 15 is 0 Å². The van der Waals surface area contributed by atoms with Gasteiger partial charge in [0.1, 0.15) is 5.75 Å². The van der Waals surface area contributed by atoms with Crippen molar-refractivity contribution in [3.8, 4) is 17.0 Å². The highest BCUT2D eigenvalue weighted by molar-refractivity contribution is 5.87. The summed E-state index contributed by atoms with van der Waals surface area (Å²) in [7, 11) is 0. The number of aromatic nitrogens is 2. The fourth-order valence-corrected chi connectivity index (χ4v) is 1.87. The van der Waals surface area contributed by atoms with E-state index in [1.54, 1.807) is 0 Å². The minimum atomic E-state index is 0.546. The van der Waals surface area contributed by atoms with Crippen LogP contribution in [0.3, 0.4) is 0 Å². The molecule has 94 valence electrons. The van der Waals surface area contributed by atoms with Crippen molar-refractivity contribution in [2.75, 3.05) is 6.61 Å². The lowest BCUT2D eigenvalue weighted by molar-refractivity contribution is 0.112. The molecule has 0 amide bonds. The smallest absolute Gasteiger partial charge is 0.153 e. The molecule has 2 rings (SSSR count). The van der Waals surface area contributed by atoms with Crippen LogP contribution in [0.5, 0.6) is 5.75 Å². The lowest BCUT2D eigenvalue weighted by Gasteiger charge is -2.11. The Morgan fingerprint density at radius 2 is 2.22 bits per heavy atom. The Bertz CT molecular complexity index is 546. The van der Waals surface area contributed by atoms with Crippen LogP contribution in [0.25, 0.3) is 11.3 Å². The highest BCUT2D eigenvalue weighted by atomic mass is 16.5. The molecule has 0 aliphatic carbocycles. The van der Waals surface area contributed by atoms with Crippen LogP contribution in [0.15, 0.2) is 24.4 Å². The van der Waals surface area contributed by atoms with Gasteiger partial charge in [0.15, 0.2) is 6.29 Å². The summed E-state index contributed by atoms with van der Waals surface area (Å²) in [5.74, 6) is 0.766. The number of hydrogen-bond acceptors (Lipinski definition) is 3. The maximum Gasteiger partial charge on any atom is 0.153 e. The van der Waals surface area contributed by atoms with Crippen molar-refractivity contribution >= 4 is 6.29 Å². The third kappa shape index (κ3) is 2.27. The molecule has 1 aromatic carbocycles. The molecule has 0 saturated carbocycles. The van der Waals surface area contributed by atoms with Crippen molar-refractivity contribution in [2.45, 2.75) is 20.3 Å². The van der Waals surface area contributed by atoms with Crippen LogP contribution < -0.4 is 4.74 Å². The fourth-order valence-electron chi connectivity index (χ4n) is 1.87. The highest BCUT2D eigenvalue weighted by Crippen LogP contribution is 2.31. The lowest BCUT2D eigenvalue weighted by atomic mass is 10.0. The molecule has 0 aliphatic rings. The van der Waals surface area contributed by atoms with E-state index in [9.17, 15) is 4.79 Å². The number of benzene rings is 1. The van der Waals surface area contributed by atoms with Gasteiger partial charge in [0.2, 0.25) is 0 Å². The summed E-state index contributed by atoms with van der Waals surface area (Å²) in [6, 6.07) is 6.00. The first-order chi connectivity index (χ1) is 8.80. The van der Waals surface area contributed by atoms with Gasteiger partial charge in [0, 0.05) is 5.56 Å². The Balaban J connectivity index is 2.55. The molecular formula is C14H16N2O2. The van der Waals surface area contributed by atoms with Crippen LogP contribution in [0.2, 0.25) is 0 Å². The molecule has 0 fully saturated rings. The molecule has 4 nitrogen and oxygen atoms in total. The standard InChI is InChI=1S/C14H16N2O2/c1-3-10-5-6-13(18-4-2)12(7-10)14-11(9-17)8-15-16-14/h5-9H,3-4H2,1-2H3,(H,15,16). The van der Waals surface area contributed by atoms with Gasteiger partial charge in [0.05, 0.1) is 24.1 Å². The van der Waals surface area contributed by atoms with Crippen molar-refractivity contribution in [1.82, 2.24) is 10.2 Å². The molecule has 0 bridgehead atoms. The van der Waals surface area contributed by atoms with Gasteiger partial charge in [-0.2, -0.15) is 5.10 Å². The summed E-state index contributed by atoms with van der Waals surface area (Å²) in [5.41, 5.74) is 3.34. The predicted molar refractivity (Wildman–Crippen MR) is 70.0 cm³/mol. The van der Waals surface area contributed by atoms with Gasteiger partial charge in [-0.05, 0) is 31.0 Å². The molecule has 0 unspecified atom stereocenters. The third-order valence-corrected chi connectivity index (χ3v) is 2.82. The number of hydrogen-bond donors (Lipinski definition) is 1. The van der Waals surface area contributed by atoms with E-state index in [0.717, 1.165) is 24.0 Å². The topological polar surface area (TPSA) is 55.0 Å². The van der Waals surface area contributed by atoms with Crippen LogP contribution in [0.4, 0.5) is 0 Å². The Morgan fingerprint density at radius 3 is 2.89 bits per heavy atom. The first kappa shape index (κ1) is 12.4. The van der Waals surface area contributed by atoms with Crippen molar-refractivity contribution in [3.05, 3.63) is 35.5 Å². The van der Waals surface area contributed by atoms with Gasteiger partial charge < -0.3 is 4.74 Å². The number of nitrogens with one attached hydrogen (secondary N) is 1. The summed E-state index contributed by atoms with van der Waals surface area (Å²) in [4.78, 5) is 11.0. The van der Waals surface area contributed by atoms with Crippen molar-refractivity contribution in [1.29, 1.82) is 0 Å². The number of carbonyl (C=O) groups is 1. The molecule has 0 spiro atoms. The summed E-state index contributed by atoms with van der Waals surface area (Å²) in [6.45, 7) is 4.61. The normalized spacial score (nSPS) is 10.3. The number of H-pyrrole nitrogens is 1. The lowest BCUT2D eigenvalue weighted by Crippen LogP contribution is -1.96. The first-order valence-electron chi connectivity index (χ1n) is 6.04. The van der Waals surface area contributed by atoms with Crippen LogP contribution in [0, 0.1) is 0 Å². The van der Waals surface area contributed by atoms with E-state index in [1.165, 1.54) is 11.8 Å². The SMILES string of the molecule is CCOc1ccc(CC)cc1-c1[nH]ncc1C=O. The van der Waals surface area contributed by atoms with Gasteiger partial charge in [-0.25, -0.2) is 0 Å². The van der Waals surface area contributed by atoms with Crippen LogP contribution in [-0.2, 0) is 6.42 Å². The second-order valence-electron chi connectivity index (χ2n) is 3.94. The average molecular weight is 244 g/mol. The zero-order valence-electron chi connectivity index (χ0n) is 10.6. The molecule has 0 saturated heterocycles. The molecule has 1 aromatic heterocycles.